The molecule has 0 radical (unpaired) electrons. The Bertz CT molecular complexity index is 1580. The van der Waals surface area contributed by atoms with Gasteiger partial charge in [-0.2, -0.15) is 5.10 Å². The van der Waals surface area contributed by atoms with E-state index in [1.807, 2.05) is 50.2 Å². The Kier molecular flexibility index (Phi) is 5.70. The second-order valence-electron chi connectivity index (χ2n) is 8.14. The summed E-state index contributed by atoms with van der Waals surface area (Å²) >= 11 is 5.97. The van der Waals surface area contributed by atoms with Crippen molar-refractivity contribution in [2.24, 2.45) is 5.73 Å². The average molecular weight is 490 g/mol. The van der Waals surface area contributed by atoms with Crippen LogP contribution in [0.15, 0.2) is 67.0 Å². The predicted molar refractivity (Wildman–Crippen MR) is 132 cm³/mol. The molecule has 8 nitrogen and oxygen atoms in total. The SMILES string of the molecule is Cc1cccc(-n2nc(NC(C)c3cccc(Cl)c3F)cc2-c2ccn3ncc(C(N)=O)c3c2)n1. The number of primary amides is 1. The Hall–Kier alpha value is -4.24. The summed E-state index contributed by atoms with van der Waals surface area (Å²) in [7, 11) is 0. The highest BCUT2D eigenvalue weighted by molar-refractivity contribution is 6.30. The van der Waals surface area contributed by atoms with Crippen molar-refractivity contribution in [3.8, 4) is 17.1 Å². The number of amides is 1. The lowest BCUT2D eigenvalue weighted by Gasteiger charge is -2.15. The minimum absolute atomic E-state index is 0.0608. The normalized spacial score (nSPS) is 12.1. The van der Waals surface area contributed by atoms with Crippen LogP contribution in [0.4, 0.5) is 10.2 Å². The Morgan fingerprint density at radius 3 is 2.74 bits per heavy atom. The lowest BCUT2D eigenvalue weighted by Crippen LogP contribution is -2.10. The first kappa shape index (κ1) is 22.5. The third kappa shape index (κ3) is 4.22. The summed E-state index contributed by atoms with van der Waals surface area (Å²) in [6.45, 7) is 3.73. The second kappa shape index (κ2) is 8.84. The first-order valence-corrected chi connectivity index (χ1v) is 11.2. The summed E-state index contributed by atoms with van der Waals surface area (Å²) in [6, 6.07) is 15.6. The van der Waals surface area contributed by atoms with Gasteiger partial charge in [0, 0.05) is 29.1 Å². The number of anilines is 1. The van der Waals surface area contributed by atoms with Gasteiger partial charge in [-0.15, -0.1) is 5.10 Å². The van der Waals surface area contributed by atoms with Gasteiger partial charge in [0.05, 0.1) is 34.0 Å². The molecule has 1 atom stereocenters. The maximum atomic E-state index is 14.6. The number of nitrogens with zero attached hydrogens (tertiary/aromatic N) is 5. The van der Waals surface area contributed by atoms with Gasteiger partial charge in [-0.3, -0.25) is 4.79 Å². The number of pyridine rings is 2. The van der Waals surface area contributed by atoms with Crippen LogP contribution >= 0.6 is 11.6 Å². The Balaban J connectivity index is 1.61. The van der Waals surface area contributed by atoms with Crippen molar-refractivity contribution in [2.45, 2.75) is 19.9 Å². The number of nitrogens with one attached hydrogen (secondary N) is 1. The van der Waals surface area contributed by atoms with E-state index in [1.54, 1.807) is 27.5 Å². The highest BCUT2D eigenvalue weighted by Crippen LogP contribution is 2.30. The number of aryl methyl sites for hydroxylation is 1. The van der Waals surface area contributed by atoms with Crippen LogP contribution in [0.25, 0.3) is 22.6 Å². The molecule has 1 unspecified atom stereocenters. The molecule has 0 aliphatic heterocycles. The molecular formula is C25H21ClFN7O. The van der Waals surface area contributed by atoms with Gasteiger partial charge in [0.2, 0.25) is 0 Å². The zero-order valence-corrected chi connectivity index (χ0v) is 19.7. The first-order chi connectivity index (χ1) is 16.8. The fourth-order valence-electron chi connectivity index (χ4n) is 3.96. The summed E-state index contributed by atoms with van der Waals surface area (Å²) < 4.78 is 17.9. The molecular weight excluding hydrogens is 469 g/mol. The molecule has 4 heterocycles. The van der Waals surface area contributed by atoms with E-state index in [2.05, 4.69) is 15.4 Å². The van der Waals surface area contributed by atoms with Gasteiger partial charge in [-0.1, -0.05) is 29.8 Å². The molecule has 5 rings (SSSR count). The Morgan fingerprint density at radius 2 is 1.97 bits per heavy atom. The van der Waals surface area contributed by atoms with Crippen molar-refractivity contribution in [2.75, 3.05) is 5.32 Å². The van der Waals surface area contributed by atoms with Crippen LogP contribution in [-0.4, -0.2) is 30.3 Å². The molecule has 1 aromatic carbocycles. The summed E-state index contributed by atoms with van der Waals surface area (Å²) in [5.41, 5.74) is 9.14. The maximum Gasteiger partial charge on any atom is 0.252 e. The number of halogens is 2. The van der Waals surface area contributed by atoms with Crippen LogP contribution in [0, 0.1) is 12.7 Å². The monoisotopic (exact) mass is 489 g/mol. The molecule has 0 aliphatic rings. The van der Waals surface area contributed by atoms with Gasteiger partial charge in [0.1, 0.15) is 11.6 Å². The highest BCUT2D eigenvalue weighted by Gasteiger charge is 2.19. The number of aromatic nitrogens is 5. The molecule has 0 bridgehead atoms. The minimum Gasteiger partial charge on any atom is -0.365 e. The van der Waals surface area contributed by atoms with Crippen LogP contribution in [-0.2, 0) is 0 Å². The molecule has 35 heavy (non-hydrogen) atoms. The standard InChI is InChI=1S/C25H21ClFN7O/c1-14-5-3-8-23(30-14)34-20(16-9-10-33-21(11-16)18(13-29-33)25(28)35)12-22(32-34)31-15(2)17-6-4-7-19(26)24(17)27/h3-13,15H,1-2H3,(H2,28,35)(H,31,32). The van der Waals surface area contributed by atoms with Gasteiger partial charge in [-0.25, -0.2) is 18.6 Å². The van der Waals surface area contributed by atoms with Crippen molar-refractivity contribution < 1.29 is 9.18 Å². The van der Waals surface area contributed by atoms with E-state index in [-0.39, 0.29) is 5.02 Å². The largest absolute Gasteiger partial charge is 0.365 e. The van der Waals surface area contributed by atoms with Gasteiger partial charge in [0.25, 0.3) is 5.91 Å². The number of nitrogens with two attached hydrogens (primary N) is 1. The lowest BCUT2D eigenvalue weighted by atomic mass is 10.1. The molecule has 5 aromatic rings. The van der Waals surface area contributed by atoms with Crippen LogP contribution in [0.2, 0.25) is 5.02 Å². The Labute approximate surface area is 205 Å². The Morgan fingerprint density at radius 1 is 1.17 bits per heavy atom. The number of hydrogen-bond donors (Lipinski definition) is 2. The molecule has 1 amide bonds. The lowest BCUT2D eigenvalue weighted by molar-refractivity contribution is 0.100. The van der Waals surface area contributed by atoms with Gasteiger partial charge >= 0.3 is 0 Å². The van der Waals surface area contributed by atoms with E-state index in [9.17, 15) is 9.18 Å². The van der Waals surface area contributed by atoms with Crippen molar-refractivity contribution >= 4 is 28.8 Å². The fraction of sp³-hybridized carbons (Fsp3) is 0.120. The van der Waals surface area contributed by atoms with Crippen LogP contribution in [0.5, 0.6) is 0 Å². The molecule has 0 fully saturated rings. The smallest absolute Gasteiger partial charge is 0.252 e. The fourth-order valence-corrected chi connectivity index (χ4v) is 4.14. The topological polar surface area (TPSA) is 103 Å². The molecule has 0 saturated carbocycles. The number of fused-ring (bicyclic) bond motifs is 1. The quantitative estimate of drug-likeness (QED) is 0.351. The maximum absolute atomic E-state index is 14.6. The van der Waals surface area contributed by atoms with Gasteiger partial charge < -0.3 is 11.1 Å². The predicted octanol–water partition coefficient (Wildman–Crippen LogP) is 4.95. The molecule has 4 aromatic heterocycles. The number of carbonyl (C=O) groups excluding carboxylic acids is 1. The summed E-state index contributed by atoms with van der Waals surface area (Å²) in [5, 5.41) is 12.2. The molecule has 0 spiro atoms. The zero-order chi connectivity index (χ0) is 24.7. The van der Waals surface area contributed by atoms with E-state index in [1.165, 1.54) is 12.3 Å². The summed E-state index contributed by atoms with van der Waals surface area (Å²) in [6.07, 6.45) is 3.18. The van der Waals surface area contributed by atoms with Crippen LogP contribution in [0.3, 0.4) is 0 Å². The van der Waals surface area contributed by atoms with E-state index in [0.29, 0.717) is 34.0 Å². The zero-order valence-electron chi connectivity index (χ0n) is 18.9. The van der Waals surface area contributed by atoms with Gasteiger partial charge in [0.15, 0.2) is 5.82 Å². The number of benzene rings is 1. The second-order valence-corrected chi connectivity index (χ2v) is 8.55. The summed E-state index contributed by atoms with van der Waals surface area (Å²) in [4.78, 5) is 16.5. The highest BCUT2D eigenvalue weighted by atomic mass is 35.5. The number of hydrogen-bond acceptors (Lipinski definition) is 5. The third-order valence-electron chi connectivity index (χ3n) is 5.70. The van der Waals surface area contributed by atoms with Gasteiger partial charge in [-0.05, 0) is 44.2 Å². The van der Waals surface area contributed by atoms with Crippen molar-refractivity contribution in [1.29, 1.82) is 0 Å². The molecule has 176 valence electrons. The van der Waals surface area contributed by atoms with E-state index in [4.69, 9.17) is 22.4 Å². The van der Waals surface area contributed by atoms with E-state index < -0.39 is 17.8 Å². The molecule has 0 aliphatic carbocycles. The van der Waals surface area contributed by atoms with Crippen molar-refractivity contribution in [3.05, 3.63) is 94.7 Å². The first-order valence-electron chi connectivity index (χ1n) is 10.8. The van der Waals surface area contributed by atoms with Crippen LogP contribution < -0.4 is 11.1 Å². The molecule has 0 saturated heterocycles. The van der Waals surface area contributed by atoms with Crippen molar-refractivity contribution in [3.63, 3.8) is 0 Å². The average Bonchev–Trinajstić information content (AvgIpc) is 3.44. The van der Waals surface area contributed by atoms with Crippen LogP contribution in [0.1, 0.15) is 34.6 Å². The van der Waals surface area contributed by atoms with E-state index in [0.717, 1.165) is 11.3 Å². The third-order valence-corrected chi connectivity index (χ3v) is 5.99. The number of carbonyl (C=O) groups is 1. The summed E-state index contributed by atoms with van der Waals surface area (Å²) in [5.74, 6) is 0.0851. The van der Waals surface area contributed by atoms with E-state index >= 15 is 0 Å². The minimum atomic E-state index is -0.564. The number of rotatable bonds is 6. The van der Waals surface area contributed by atoms with Crippen molar-refractivity contribution in [1.82, 2.24) is 24.4 Å². The molecule has 3 N–H and O–H groups in total. The molecule has 10 heteroatoms.